The van der Waals surface area contributed by atoms with Crippen molar-refractivity contribution >= 4 is 17.3 Å². The van der Waals surface area contributed by atoms with E-state index in [-0.39, 0.29) is 11.9 Å². The molecule has 0 aliphatic carbocycles. The van der Waals surface area contributed by atoms with Crippen molar-refractivity contribution in [3.8, 4) is 0 Å². The Morgan fingerprint density at radius 1 is 0.947 bits per heavy atom. The Labute approximate surface area is 113 Å². The number of hydrogen-bond donors (Lipinski definition) is 2. The predicted molar refractivity (Wildman–Crippen MR) is 79.3 cm³/mol. The van der Waals surface area contributed by atoms with E-state index in [0.29, 0.717) is 0 Å². The second kappa shape index (κ2) is 6.05. The van der Waals surface area contributed by atoms with Crippen LogP contribution in [-0.4, -0.2) is 11.9 Å². The highest BCUT2D eigenvalue weighted by Crippen LogP contribution is 2.11. The zero-order valence-corrected chi connectivity index (χ0v) is 11.2. The summed E-state index contributed by atoms with van der Waals surface area (Å²) in [7, 11) is 0. The van der Waals surface area contributed by atoms with Gasteiger partial charge in [0, 0.05) is 11.4 Å². The highest BCUT2D eigenvalue weighted by molar-refractivity contribution is 5.96. The van der Waals surface area contributed by atoms with Crippen LogP contribution in [0.2, 0.25) is 0 Å². The molecule has 1 atom stereocenters. The van der Waals surface area contributed by atoms with Crippen molar-refractivity contribution in [3.63, 3.8) is 0 Å². The van der Waals surface area contributed by atoms with Gasteiger partial charge in [0.05, 0.1) is 0 Å². The number of amides is 1. The minimum Gasteiger partial charge on any atom is -0.374 e. The molecule has 0 aliphatic rings. The number of carbonyl (C=O) groups is 1. The van der Waals surface area contributed by atoms with Crippen molar-refractivity contribution in [3.05, 3.63) is 60.2 Å². The van der Waals surface area contributed by atoms with Gasteiger partial charge in [-0.15, -0.1) is 0 Å². The molecule has 2 aromatic carbocycles. The number of benzene rings is 2. The van der Waals surface area contributed by atoms with Crippen LogP contribution in [0, 0.1) is 6.92 Å². The van der Waals surface area contributed by atoms with Gasteiger partial charge in [0.25, 0.3) is 0 Å². The number of para-hydroxylation sites is 1. The summed E-state index contributed by atoms with van der Waals surface area (Å²) < 4.78 is 0. The Hall–Kier alpha value is -2.29. The Kier molecular flexibility index (Phi) is 4.18. The molecular formula is C16H18N2O. The standard InChI is InChI=1S/C16H18N2O/c1-12-8-10-15(11-9-12)18-16(19)13(2)17-14-6-4-3-5-7-14/h3-11,13,17H,1-2H3,(H,18,19). The van der Waals surface area contributed by atoms with E-state index in [1.807, 2.05) is 68.4 Å². The average Bonchev–Trinajstić information content (AvgIpc) is 2.42. The van der Waals surface area contributed by atoms with Crippen molar-refractivity contribution in [1.29, 1.82) is 0 Å². The molecule has 0 aliphatic heterocycles. The topological polar surface area (TPSA) is 41.1 Å². The van der Waals surface area contributed by atoms with E-state index in [1.165, 1.54) is 5.56 Å². The lowest BCUT2D eigenvalue weighted by Crippen LogP contribution is -2.31. The smallest absolute Gasteiger partial charge is 0.246 e. The lowest BCUT2D eigenvalue weighted by atomic mass is 10.2. The van der Waals surface area contributed by atoms with E-state index in [9.17, 15) is 4.79 Å². The van der Waals surface area contributed by atoms with Crippen LogP contribution in [0.1, 0.15) is 12.5 Å². The summed E-state index contributed by atoms with van der Waals surface area (Å²) in [4.78, 5) is 12.0. The third-order valence-corrected chi connectivity index (χ3v) is 2.87. The van der Waals surface area contributed by atoms with Crippen molar-refractivity contribution in [2.75, 3.05) is 10.6 Å². The maximum Gasteiger partial charge on any atom is 0.246 e. The van der Waals surface area contributed by atoms with E-state index >= 15 is 0 Å². The first-order chi connectivity index (χ1) is 9.15. The monoisotopic (exact) mass is 254 g/mol. The predicted octanol–water partition coefficient (Wildman–Crippen LogP) is 3.43. The second-order valence-electron chi connectivity index (χ2n) is 4.59. The zero-order valence-electron chi connectivity index (χ0n) is 11.2. The Morgan fingerprint density at radius 3 is 2.21 bits per heavy atom. The molecule has 3 nitrogen and oxygen atoms in total. The number of anilines is 2. The molecule has 98 valence electrons. The molecule has 0 bridgehead atoms. The molecule has 0 fully saturated rings. The highest BCUT2D eigenvalue weighted by atomic mass is 16.2. The summed E-state index contributed by atoms with van der Waals surface area (Å²) in [5.41, 5.74) is 2.93. The Morgan fingerprint density at radius 2 is 1.58 bits per heavy atom. The van der Waals surface area contributed by atoms with Gasteiger partial charge in [0.2, 0.25) is 5.91 Å². The van der Waals surface area contributed by atoms with Gasteiger partial charge in [0.15, 0.2) is 0 Å². The first-order valence-electron chi connectivity index (χ1n) is 6.34. The molecular weight excluding hydrogens is 236 g/mol. The van der Waals surface area contributed by atoms with Gasteiger partial charge < -0.3 is 10.6 Å². The molecule has 3 heteroatoms. The van der Waals surface area contributed by atoms with Gasteiger partial charge in [-0.25, -0.2) is 0 Å². The van der Waals surface area contributed by atoms with Gasteiger partial charge in [-0.3, -0.25) is 4.79 Å². The molecule has 0 aromatic heterocycles. The van der Waals surface area contributed by atoms with Crippen molar-refractivity contribution < 1.29 is 4.79 Å². The van der Waals surface area contributed by atoms with E-state index in [2.05, 4.69) is 10.6 Å². The Bertz CT molecular complexity index is 534. The summed E-state index contributed by atoms with van der Waals surface area (Å²) in [6.45, 7) is 3.86. The minimum absolute atomic E-state index is 0.0484. The lowest BCUT2D eigenvalue weighted by Gasteiger charge is -2.15. The molecule has 0 heterocycles. The average molecular weight is 254 g/mol. The van der Waals surface area contributed by atoms with E-state index in [0.717, 1.165) is 11.4 Å². The number of carbonyl (C=O) groups excluding carboxylic acids is 1. The molecule has 2 N–H and O–H groups in total. The Balaban J connectivity index is 1.94. The van der Waals surface area contributed by atoms with Gasteiger partial charge in [0.1, 0.15) is 6.04 Å². The quantitative estimate of drug-likeness (QED) is 0.877. The summed E-state index contributed by atoms with van der Waals surface area (Å²) in [5, 5.41) is 6.05. The van der Waals surface area contributed by atoms with Crippen molar-refractivity contribution in [1.82, 2.24) is 0 Å². The van der Waals surface area contributed by atoms with Gasteiger partial charge >= 0.3 is 0 Å². The largest absolute Gasteiger partial charge is 0.374 e. The van der Waals surface area contributed by atoms with Gasteiger partial charge in [-0.1, -0.05) is 35.9 Å². The van der Waals surface area contributed by atoms with Crippen LogP contribution in [0.4, 0.5) is 11.4 Å². The molecule has 0 radical (unpaired) electrons. The maximum atomic E-state index is 12.0. The third kappa shape index (κ3) is 3.85. The van der Waals surface area contributed by atoms with Gasteiger partial charge in [-0.2, -0.15) is 0 Å². The molecule has 0 spiro atoms. The number of rotatable bonds is 4. The highest BCUT2D eigenvalue weighted by Gasteiger charge is 2.12. The second-order valence-corrected chi connectivity index (χ2v) is 4.59. The first-order valence-corrected chi connectivity index (χ1v) is 6.34. The van der Waals surface area contributed by atoms with Crippen LogP contribution in [-0.2, 0) is 4.79 Å². The molecule has 1 amide bonds. The molecule has 19 heavy (non-hydrogen) atoms. The first kappa shape index (κ1) is 13.1. The third-order valence-electron chi connectivity index (χ3n) is 2.87. The lowest BCUT2D eigenvalue weighted by molar-refractivity contribution is -0.116. The van der Waals surface area contributed by atoms with Crippen LogP contribution in [0.5, 0.6) is 0 Å². The molecule has 0 saturated carbocycles. The fourth-order valence-electron chi connectivity index (χ4n) is 1.74. The molecule has 2 aromatic rings. The summed E-state index contributed by atoms with van der Waals surface area (Å²) in [6, 6.07) is 17.2. The number of hydrogen-bond acceptors (Lipinski definition) is 2. The van der Waals surface area contributed by atoms with Crippen LogP contribution in [0.15, 0.2) is 54.6 Å². The number of aryl methyl sites for hydroxylation is 1. The van der Waals surface area contributed by atoms with Crippen molar-refractivity contribution in [2.24, 2.45) is 0 Å². The van der Waals surface area contributed by atoms with Gasteiger partial charge in [-0.05, 0) is 38.1 Å². The summed E-state index contributed by atoms with van der Waals surface area (Å²) in [6.07, 6.45) is 0. The summed E-state index contributed by atoms with van der Waals surface area (Å²) in [5.74, 6) is -0.0484. The van der Waals surface area contributed by atoms with Crippen LogP contribution < -0.4 is 10.6 Å². The van der Waals surface area contributed by atoms with E-state index in [1.54, 1.807) is 0 Å². The molecule has 0 saturated heterocycles. The SMILES string of the molecule is Cc1ccc(NC(=O)C(C)Nc2ccccc2)cc1. The number of nitrogens with one attached hydrogen (secondary N) is 2. The fraction of sp³-hybridized carbons (Fsp3) is 0.188. The molecule has 1 unspecified atom stereocenters. The maximum absolute atomic E-state index is 12.0. The van der Waals surface area contributed by atoms with Crippen molar-refractivity contribution in [2.45, 2.75) is 19.9 Å². The summed E-state index contributed by atoms with van der Waals surface area (Å²) >= 11 is 0. The molecule has 2 rings (SSSR count). The fourth-order valence-corrected chi connectivity index (χ4v) is 1.74. The van der Waals surface area contributed by atoms with E-state index in [4.69, 9.17) is 0 Å². The zero-order chi connectivity index (χ0) is 13.7. The van der Waals surface area contributed by atoms with Crippen LogP contribution in [0.25, 0.3) is 0 Å². The van der Waals surface area contributed by atoms with Crippen LogP contribution >= 0.6 is 0 Å². The minimum atomic E-state index is -0.288. The van der Waals surface area contributed by atoms with E-state index < -0.39 is 0 Å². The van der Waals surface area contributed by atoms with Crippen LogP contribution in [0.3, 0.4) is 0 Å². The normalized spacial score (nSPS) is 11.7.